The van der Waals surface area contributed by atoms with Crippen molar-refractivity contribution in [3.05, 3.63) is 107 Å². The summed E-state index contributed by atoms with van der Waals surface area (Å²) in [6, 6.07) is 29.3. The zero-order valence-electron chi connectivity index (χ0n) is 19.8. The van der Waals surface area contributed by atoms with Gasteiger partial charge in [-0.15, -0.1) is 0 Å². The monoisotopic (exact) mass is 476 g/mol. The van der Waals surface area contributed by atoms with Crippen LogP contribution in [-0.4, -0.2) is 11.1 Å². The molecule has 3 aromatic rings. The highest BCUT2D eigenvalue weighted by atomic mass is 31.1. The Hall–Kier alpha value is -2.54. The summed E-state index contributed by atoms with van der Waals surface area (Å²) < 4.78 is 7.39. The van der Waals surface area contributed by atoms with Crippen molar-refractivity contribution in [1.82, 2.24) is 0 Å². The molecule has 2 nitrogen and oxygen atoms in total. The van der Waals surface area contributed by atoms with Crippen LogP contribution in [0.15, 0.2) is 84.9 Å². The van der Waals surface area contributed by atoms with Crippen LogP contribution < -0.4 is 0 Å². The number of hydrogen-bond donors (Lipinski definition) is 0. The van der Waals surface area contributed by atoms with Crippen LogP contribution >= 0.6 is 8.20 Å². The largest absolute Gasteiger partial charge is 0.333 e. The minimum Gasteiger partial charge on any atom is -0.333 e. The van der Waals surface area contributed by atoms with E-state index in [1.165, 1.54) is 52.0 Å². The Labute approximate surface area is 208 Å². The van der Waals surface area contributed by atoms with Crippen LogP contribution in [0, 0.1) is 23.2 Å². The van der Waals surface area contributed by atoms with Crippen molar-refractivity contribution in [2.24, 2.45) is 23.2 Å². The van der Waals surface area contributed by atoms with Crippen LogP contribution in [0.25, 0.3) is 0 Å². The van der Waals surface area contributed by atoms with Crippen LogP contribution in [0.1, 0.15) is 65.6 Å². The number of rotatable bonds is 3. The van der Waals surface area contributed by atoms with Crippen molar-refractivity contribution < 1.29 is 9.53 Å². The number of ether oxygens (including phenoxy) is 1. The van der Waals surface area contributed by atoms with Crippen molar-refractivity contribution in [2.45, 2.75) is 49.5 Å². The summed E-state index contributed by atoms with van der Waals surface area (Å²) in [5.41, 5.74) is 3.11. The molecule has 4 fully saturated rings. The van der Waals surface area contributed by atoms with E-state index in [4.69, 9.17) is 4.74 Å². The van der Waals surface area contributed by atoms with Gasteiger partial charge in [0, 0.05) is 21.8 Å². The summed E-state index contributed by atoms with van der Waals surface area (Å²) in [6.07, 6.45) is 7.86. The summed E-state index contributed by atoms with van der Waals surface area (Å²) >= 11 is 0. The van der Waals surface area contributed by atoms with Crippen LogP contribution in [0.5, 0.6) is 0 Å². The summed E-state index contributed by atoms with van der Waals surface area (Å²) in [6.45, 7) is 0. The summed E-state index contributed by atoms with van der Waals surface area (Å²) in [7, 11) is 1.17. The number of ketones is 1. The molecule has 0 amide bonds. The van der Waals surface area contributed by atoms with E-state index in [-0.39, 0.29) is 11.2 Å². The van der Waals surface area contributed by atoms with Gasteiger partial charge in [-0.05, 0) is 67.4 Å². The van der Waals surface area contributed by atoms with Gasteiger partial charge in [0.1, 0.15) is 0 Å². The predicted molar refractivity (Wildman–Crippen MR) is 140 cm³/mol. The minimum atomic E-state index is -1.02. The van der Waals surface area contributed by atoms with E-state index in [1.807, 2.05) is 18.2 Å². The minimum absolute atomic E-state index is 0.0976. The lowest BCUT2D eigenvalue weighted by Crippen LogP contribution is -2.58. The molecule has 174 valence electrons. The second-order valence-corrected chi connectivity index (χ2v) is 13.0. The highest BCUT2D eigenvalue weighted by Crippen LogP contribution is 2.69. The van der Waals surface area contributed by atoms with Gasteiger partial charge in [-0.25, -0.2) is 0 Å². The summed E-state index contributed by atoms with van der Waals surface area (Å²) in [5, 5.41) is 0.709. The SMILES string of the molecule is O=C1c2ccccc2C2(c3ccccc3)OC1(c1ccccc1)C(C13CC4CC(CC(C4)C1)C3)=P2. The lowest BCUT2D eigenvalue weighted by molar-refractivity contribution is -0.0586. The maximum atomic E-state index is 14.7. The molecule has 6 aliphatic rings. The molecule has 3 heteroatoms. The highest BCUT2D eigenvalue weighted by molar-refractivity contribution is 7.43. The highest BCUT2D eigenvalue weighted by Gasteiger charge is 2.68. The topological polar surface area (TPSA) is 26.3 Å². The molecule has 2 atom stereocenters. The molecule has 35 heavy (non-hydrogen) atoms. The molecule has 0 N–H and O–H groups in total. The first-order valence-electron chi connectivity index (χ1n) is 13.2. The second-order valence-electron chi connectivity index (χ2n) is 11.7. The van der Waals surface area contributed by atoms with Gasteiger partial charge in [0.2, 0.25) is 5.78 Å². The molecule has 6 bridgehead atoms. The van der Waals surface area contributed by atoms with E-state index in [0.717, 1.165) is 40.0 Å². The molecular formula is C32H29O2P. The first-order chi connectivity index (χ1) is 17.1. The Bertz CT molecular complexity index is 1340. The molecule has 0 aromatic heterocycles. The van der Waals surface area contributed by atoms with E-state index in [0.29, 0.717) is 0 Å². The van der Waals surface area contributed by atoms with Gasteiger partial charge >= 0.3 is 0 Å². The van der Waals surface area contributed by atoms with E-state index in [9.17, 15) is 4.79 Å². The zero-order valence-corrected chi connectivity index (χ0v) is 20.7. The molecule has 2 aliphatic heterocycles. The van der Waals surface area contributed by atoms with E-state index < -0.39 is 10.9 Å². The maximum absolute atomic E-state index is 14.7. The number of fused-ring (bicyclic) bond motifs is 4. The molecule has 3 aromatic carbocycles. The van der Waals surface area contributed by atoms with Crippen LogP contribution in [0.4, 0.5) is 0 Å². The maximum Gasteiger partial charge on any atom is 0.204 e. The van der Waals surface area contributed by atoms with Crippen LogP contribution in [-0.2, 0) is 15.7 Å². The number of carbonyl (C=O) groups is 1. The quantitative estimate of drug-likeness (QED) is 0.370. The second kappa shape index (κ2) is 7.02. The third-order valence-electron chi connectivity index (χ3n) is 9.65. The number of carbonyl (C=O) groups excluding carboxylic acids is 1. The first-order valence-corrected chi connectivity index (χ1v) is 14.1. The van der Waals surface area contributed by atoms with Crippen LogP contribution in [0.3, 0.4) is 0 Å². The Morgan fingerprint density at radius 2 is 1.23 bits per heavy atom. The van der Waals surface area contributed by atoms with E-state index in [2.05, 4.69) is 66.7 Å². The Balaban J connectivity index is 1.45. The standard InChI is InChI=1S/C32H29O2P/c33-28-26-13-7-8-14-27(26)32(25-11-5-2-6-12-25)34-31(28,24-9-3-1-4-10-24)29(35-32)30-18-21-15-22(19-30)17-23(16-21)20-30/h1-14,21-23H,15-20H2. The fourth-order valence-corrected chi connectivity index (χ4v) is 10.8. The van der Waals surface area contributed by atoms with Crippen LogP contribution in [0.2, 0.25) is 0 Å². The van der Waals surface area contributed by atoms with Gasteiger partial charge in [-0.2, -0.15) is 0 Å². The summed E-state index contributed by atoms with van der Waals surface area (Å²) in [5.74, 6) is 2.56. The first kappa shape index (κ1) is 20.6. The molecule has 0 radical (unpaired) electrons. The van der Waals surface area contributed by atoms with Crippen molar-refractivity contribution >= 4 is 19.3 Å². The van der Waals surface area contributed by atoms with Gasteiger partial charge in [0.05, 0.1) is 0 Å². The van der Waals surface area contributed by atoms with Gasteiger partial charge < -0.3 is 4.74 Å². The molecule has 4 saturated carbocycles. The van der Waals surface area contributed by atoms with E-state index in [1.54, 1.807) is 0 Å². The Morgan fingerprint density at radius 3 is 1.86 bits per heavy atom. The fourth-order valence-electron chi connectivity index (χ4n) is 8.80. The Morgan fingerprint density at radius 1 is 0.686 bits per heavy atom. The molecular weight excluding hydrogens is 447 g/mol. The normalized spacial score (nSPS) is 38.8. The number of Topliss-reactive ketones (excluding diaryl/α,β-unsaturated/α-hetero) is 1. The number of benzene rings is 3. The van der Waals surface area contributed by atoms with Crippen molar-refractivity contribution in [2.75, 3.05) is 0 Å². The van der Waals surface area contributed by atoms with Crippen molar-refractivity contribution in [3.63, 3.8) is 0 Å². The Kier molecular flexibility index (Phi) is 4.14. The van der Waals surface area contributed by atoms with Crippen molar-refractivity contribution in [1.29, 1.82) is 0 Å². The van der Waals surface area contributed by atoms with Gasteiger partial charge in [-0.3, -0.25) is 4.79 Å². The number of hydrogen-bond acceptors (Lipinski definition) is 2. The molecule has 2 unspecified atom stereocenters. The fraction of sp³-hybridized carbons (Fsp3) is 0.375. The van der Waals surface area contributed by atoms with Gasteiger partial charge in [-0.1, -0.05) is 93.1 Å². The van der Waals surface area contributed by atoms with Gasteiger partial charge in [0.15, 0.2) is 10.9 Å². The lowest BCUT2D eigenvalue weighted by atomic mass is 9.47. The molecule has 4 aliphatic carbocycles. The van der Waals surface area contributed by atoms with E-state index >= 15 is 0 Å². The zero-order chi connectivity index (χ0) is 23.3. The van der Waals surface area contributed by atoms with Crippen molar-refractivity contribution in [3.8, 4) is 0 Å². The lowest BCUT2D eigenvalue weighted by Gasteiger charge is -2.59. The van der Waals surface area contributed by atoms with Gasteiger partial charge in [0.25, 0.3) is 0 Å². The molecule has 0 saturated heterocycles. The summed E-state index contributed by atoms with van der Waals surface area (Å²) in [4.78, 5) is 14.7. The average Bonchev–Trinajstić information content (AvgIpc) is 3.24. The molecule has 9 rings (SSSR count). The smallest absolute Gasteiger partial charge is 0.204 e. The predicted octanol–water partition coefficient (Wildman–Crippen LogP) is 7.34. The third-order valence-corrected chi connectivity index (χ3v) is 11.6. The molecule has 2 heterocycles. The molecule has 0 spiro atoms. The average molecular weight is 477 g/mol. The third kappa shape index (κ3) is 2.60.